The lowest BCUT2D eigenvalue weighted by molar-refractivity contribution is 0.0302. The van der Waals surface area contributed by atoms with Gasteiger partial charge in [0.25, 0.3) is 0 Å². The molecule has 0 aromatic carbocycles. The average Bonchev–Trinajstić information content (AvgIpc) is 2.77. The fraction of sp³-hybridized carbons (Fsp3) is 1.00. The van der Waals surface area contributed by atoms with Gasteiger partial charge in [0, 0.05) is 25.7 Å². The molecule has 2 rings (SSSR count). The summed E-state index contributed by atoms with van der Waals surface area (Å²) < 4.78 is 5.35. The predicted molar refractivity (Wildman–Crippen MR) is 72.8 cm³/mol. The van der Waals surface area contributed by atoms with Crippen LogP contribution in [0.1, 0.15) is 39.0 Å². The summed E-state index contributed by atoms with van der Waals surface area (Å²) in [5.74, 6) is 0. The third kappa shape index (κ3) is 4.50. The van der Waals surface area contributed by atoms with Crippen molar-refractivity contribution in [3.63, 3.8) is 0 Å². The van der Waals surface area contributed by atoms with Crippen molar-refractivity contribution in [1.82, 2.24) is 10.2 Å². The van der Waals surface area contributed by atoms with Crippen molar-refractivity contribution < 1.29 is 9.84 Å². The van der Waals surface area contributed by atoms with E-state index in [4.69, 9.17) is 4.74 Å². The Labute approximate surface area is 111 Å². The molecule has 106 valence electrons. The minimum Gasteiger partial charge on any atom is -0.390 e. The molecule has 1 saturated carbocycles. The molecular formula is C14H28N2O2. The molecule has 1 heterocycles. The number of nitrogens with zero attached hydrogens (tertiary/aromatic N) is 1. The minimum absolute atomic E-state index is 0.369. The first-order valence-electron chi connectivity index (χ1n) is 7.44. The van der Waals surface area contributed by atoms with Crippen LogP contribution >= 0.6 is 0 Å². The van der Waals surface area contributed by atoms with Crippen LogP contribution in [0.15, 0.2) is 0 Å². The van der Waals surface area contributed by atoms with E-state index in [1.54, 1.807) is 0 Å². The fourth-order valence-corrected chi connectivity index (χ4v) is 3.07. The Hall–Kier alpha value is -0.160. The van der Waals surface area contributed by atoms with E-state index in [0.29, 0.717) is 6.04 Å². The van der Waals surface area contributed by atoms with Gasteiger partial charge < -0.3 is 15.2 Å². The van der Waals surface area contributed by atoms with Crippen molar-refractivity contribution in [2.24, 2.45) is 0 Å². The fourth-order valence-electron chi connectivity index (χ4n) is 3.07. The van der Waals surface area contributed by atoms with Crippen molar-refractivity contribution in [3.05, 3.63) is 0 Å². The first kappa shape index (κ1) is 14.3. The van der Waals surface area contributed by atoms with Gasteiger partial charge in [-0.2, -0.15) is 0 Å². The van der Waals surface area contributed by atoms with Crippen molar-refractivity contribution in [2.45, 2.75) is 50.7 Å². The molecule has 2 aliphatic rings. The van der Waals surface area contributed by atoms with Crippen LogP contribution in [0.3, 0.4) is 0 Å². The summed E-state index contributed by atoms with van der Waals surface area (Å²) in [5.41, 5.74) is -0.369. The Balaban J connectivity index is 1.57. The van der Waals surface area contributed by atoms with E-state index < -0.39 is 0 Å². The van der Waals surface area contributed by atoms with Gasteiger partial charge in [-0.15, -0.1) is 0 Å². The van der Waals surface area contributed by atoms with Gasteiger partial charge in [0.1, 0.15) is 0 Å². The molecule has 0 aromatic heterocycles. The van der Waals surface area contributed by atoms with E-state index in [0.717, 1.165) is 58.7 Å². The third-order valence-corrected chi connectivity index (χ3v) is 4.25. The maximum absolute atomic E-state index is 10.3. The number of hydrogen-bond acceptors (Lipinski definition) is 4. The molecule has 1 aliphatic heterocycles. The smallest absolute Gasteiger partial charge is 0.0659 e. The molecule has 1 aliphatic carbocycles. The second-order valence-corrected chi connectivity index (χ2v) is 5.95. The lowest BCUT2D eigenvalue weighted by atomic mass is 9.98. The van der Waals surface area contributed by atoms with E-state index in [1.165, 1.54) is 12.8 Å². The Bertz CT molecular complexity index is 236. The van der Waals surface area contributed by atoms with Gasteiger partial charge in [-0.05, 0) is 32.7 Å². The van der Waals surface area contributed by atoms with E-state index >= 15 is 0 Å². The largest absolute Gasteiger partial charge is 0.390 e. The highest BCUT2D eigenvalue weighted by molar-refractivity contribution is 4.85. The van der Waals surface area contributed by atoms with E-state index in [-0.39, 0.29) is 5.60 Å². The molecule has 2 fully saturated rings. The number of ether oxygens (including phenoxy) is 1. The molecule has 0 bridgehead atoms. The molecule has 2 N–H and O–H groups in total. The van der Waals surface area contributed by atoms with Gasteiger partial charge in [-0.3, -0.25) is 4.90 Å². The summed E-state index contributed by atoms with van der Waals surface area (Å²) in [6.45, 7) is 8.09. The Morgan fingerprint density at radius 1 is 1.28 bits per heavy atom. The molecule has 1 atom stereocenters. The van der Waals surface area contributed by atoms with Crippen LogP contribution in [0.25, 0.3) is 0 Å². The number of nitrogens with one attached hydrogen (secondary N) is 1. The second-order valence-electron chi connectivity index (χ2n) is 5.95. The summed E-state index contributed by atoms with van der Waals surface area (Å²) in [5, 5.41) is 13.8. The molecule has 0 radical (unpaired) electrons. The summed E-state index contributed by atoms with van der Waals surface area (Å²) in [7, 11) is 0. The van der Waals surface area contributed by atoms with E-state index in [9.17, 15) is 5.11 Å². The van der Waals surface area contributed by atoms with Gasteiger partial charge in [0.15, 0.2) is 0 Å². The maximum atomic E-state index is 10.3. The zero-order valence-corrected chi connectivity index (χ0v) is 11.7. The van der Waals surface area contributed by atoms with Crippen LogP contribution in [0, 0.1) is 0 Å². The molecule has 1 unspecified atom stereocenters. The molecule has 0 aromatic rings. The van der Waals surface area contributed by atoms with Crippen molar-refractivity contribution in [2.75, 3.05) is 39.4 Å². The first-order valence-corrected chi connectivity index (χ1v) is 7.44. The number of morpholine rings is 1. The maximum Gasteiger partial charge on any atom is 0.0659 e. The number of hydrogen-bond donors (Lipinski definition) is 2. The van der Waals surface area contributed by atoms with E-state index in [1.807, 2.05) is 0 Å². The SMILES string of the molecule is CC(CN1CCOCC1)NCCC1(O)CCCC1. The Kier molecular flexibility index (Phi) is 5.42. The van der Waals surface area contributed by atoms with Crippen molar-refractivity contribution in [1.29, 1.82) is 0 Å². The van der Waals surface area contributed by atoms with Crippen LogP contribution in [0.2, 0.25) is 0 Å². The molecule has 4 nitrogen and oxygen atoms in total. The lowest BCUT2D eigenvalue weighted by Crippen LogP contribution is -2.45. The van der Waals surface area contributed by atoms with Crippen molar-refractivity contribution >= 4 is 0 Å². The molecular weight excluding hydrogens is 228 g/mol. The monoisotopic (exact) mass is 256 g/mol. The zero-order valence-electron chi connectivity index (χ0n) is 11.7. The highest BCUT2D eigenvalue weighted by atomic mass is 16.5. The molecule has 0 amide bonds. The van der Waals surface area contributed by atoms with Crippen LogP contribution in [-0.4, -0.2) is 61.0 Å². The normalized spacial score (nSPS) is 26.3. The number of rotatable bonds is 6. The van der Waals surface area contributed by atoms with Gasteiger partial charge in [-0.25, -0.2) is 0 Å². The molecule has 4 heteroatoms. The van der Waals surface area contributed by atoms with Gasteiger partial charge in [0.05, 0.1) is 18.8 Å². The lowest BCUT2D eigenvalue weighted by Gasteiger charge is -2.30. The van der Waals surface area contributed by atoms with Gasteiger partial charge >= 0.3 is 0 Å². The molecule has 18 heavy (non-hydrogen) atoms. The second kappa shape index (κ2) is 6.85. The third-order valence-electron chi connectivity index (χ3n) is 4.25. The summed E-state index contributed by atoms with van der Waals surface area (Å²) >= 11 is 0. The summed E-state index contributed by atoms with van der Waals surface area (Å²) in [6.07, 6.45) is 5.28. The first-order chi connectivity index (χ1) is 8.68. The Morgan fingerprint density at radius 2 is 1.94 bits per heavy atom. The average molecular weight is 256 g/mol. The quantitative estimate of drug-likeness (QED) is 0.744. The van der Waals surface area contributed by atoms with Crippen LogP contribution in [-0.2, 0) is 4.74 Å². The summed E-state index contributed by atoms with van der Waals surface area (Å²) in [6, 6.07) is 0.494. The van der Waals surface area contributed by atoms with Gasteiger partial charge in [-0.1, -0.05) is 12.8 Å². The highest BCUT2D eigenvalue weighted by Gasteiger charge is 2.30. The predicted octanol–water partition coefficient (Wildman–Crippen LogP) is 0.992. The topological polar surface area (TPSA) is 44.7 Å². The Morgan fingerprint density at radius 3 is 2.61 bits per heavy atom. The number of aliphatic hydroxyl groups is 1. The zero-order chi connectivity index (χ0) is 12.8. The van der Waals surface area contributed by atoms with Crippen LogP contribution in [0.4, 0.5) is 0 Å². The minimum atomic E-state index is -0.369. The van der Waals surface area contributed by atoms with Crippen molar-refractivity contribution in [3.8, 4) is 0 Å². The summed E-state index contributed by atoms with van der Waals surface area (Å²) in [4.78, 5) is 2.45. The van der Waals surface area contributed by atoms with E-state index in [2.05, 4.69) is 17.1 Å². The molecule has 0 spiro atoms. The van der Waals surface area contributed by atoms with Gasteiger partial charge in [0.2, 0.25) is 0 Å². The highest BCUT2D eigenvalue weighted by Crippen LogP contribution is 2.31. The standard InChI is InChI=1S/C14H28N2O2/c1-13(12-16-8-10-18-11-9-16)15-7-6-14(17)4-2-3-5-14/h13,15,17H,2-12H2,1H3. The van der Waals surface area contributed by atoms with Crippen LogP contribution in [0.5, 0.6) is 0 Å². The van der Waals surface area contributed by atoms with Crippen LogP contribution < -0.4 is 5.32 Å². The molecule has 1 saturated heterocycles.